The van der Waals surface area contributed by atoms with Crippen LogP contribution in [0.5, 0.6) is 0 Å². The molecule has 0 aromatic rings. The Kier molecular flexibility index (Phi) is 3.96. The summed E-state index contributed by atoms with van der Waals surface area (Å²) in [4.78, 5) is 14.8. The topological polar surface area (TPSA) is 32.3 Å². The fourth-order valence-electron chi connectivity index (χ4n) is 6.43. The number of hydrogen-bond donors (Lipinski definition) is 1. The van der Waals surface area contributed by atoms with E-state index >= 15 is 0 Å². The van der Waals surface area contributed by atoms with Crippen LogP contribution in [0.15, 0.2) is 0 Å². The minimum Gasteiger partial charge on any atom is -0.354 e. The highest BCUT2D eigenvalue weighted by molar-refractivity contribution is 5.78. The predicted octanol–water partition coefficient (Wildman–Crippen LogP) is 3.19. The molecule has 5 fully saturated rings. The van der Waals surface area contributed by atoms with Gasteiger partial charge in [0.05, 0.1) is 6.54 Å². The molecule has 0 aromatic heterocycles. The Labute approximate surface area is 135 Å². The van der Waals surface area contributed by atoms with E-state index < -0.39 is 0 Å². The van der Waals surface area contributed by atoms with Crippen LogP contribution in [0.1, 0.15) is 64.7 Å². The van der Waals surface area contributed by atoms with Crippen LogP contribution in [0.2, 0.25) is 0 Å². The number of carbonyl (C=O) groups is 1. The van der Waals surface area contributed by atoms with Crippen LogP contribution >= 0.6 is 0 Å². The highest BCUT2D eigenvalue weighted by atomic mass is 16.2. The van der Waals surface area contributed by atoms with Crippen LogP contribution in [-0.4, -0.2) is 36.5 Å². The standard InChI is InChI=1S/C19H32N2O/c1-14-4-2-3-5-21(14)12-18(22)20-13-19-9-15-6-16(10-19)8-17(7-15)11-19/h14-17H,2-13H2,1H3,(H,20,22)/t14-,15?,16?,17?,19?/m0/s1. The molecule has 4 aliphatic carbocycles. The van der Waals surface area contributed by atoms with Crippen molar-refractivity contribution >= 4 is 5.91 Å². The second-order valence-corrected chi connectivity index (χ2v) is 9.01. The quantitative estimate of drug-likeness (QED) is 0.865. The maximum absolute atomic E-state index is 12.4. The molecule has 4 saturated carbocycles. The van der Waals surface area contributed by atoms with Crippen molar-refractivity contribution in [2.75, 3.05) is 19.6 Å². The van der Waals surface area contributed by atoms with E-state index in [1.807, 2.05) is 0 Å². The zero-order valence-electron chi connectivity index (χ0n) is 14.2. The summed E-state index contributed by atoms with van der Waals surface area (Å²) in [5.41, 5.74) is 0.470. The molecule has 1 heterocycles. The molecular weight excluding hydrogens is 272 g/mol. The summed E-state index contributed by atoms with van der Waals surface area (Å²) in [6, 6.07) is 0.582. The number of nitrogens with one attached hydrogen (secondary N) is 1. The Balaban J connectivity index is 1.30. The molecule has 3 nitrogen and oxygen atoms in total. The normalized spacial score (nSPS) is 44.2. The molecular formula is C19H32N2O. The average molecular weight is 304 g/mol. The van der Waals surface area contributed by atoms with Gasteiger partial charge >= 0.3 is 0 Å². The van der Waals surface area contributed by atoms with Crippen molar-refractivity contribution in [3.8, 4) is 0 Å². The van der Waals surface area contributed by atoms with E-state index in [2.05, 4.69) is 17.1 Å². The Hall–Kier alpha value is -0.570. The lowest BCUT2D eigenvalue weighted by Crippen LogP contribution is -2.52. The van der Waals surface area contributed by atoms with Crippen molar-refractivity contribution < 1.29 is 4.79 Å². The first-order valence-corrected chi connectivity index (χ1v) is 9.63. The summed E-state index contributed by atoms with van der Waals surface area (Å²) in [7, 11) is 0. The highest BCUT2D eigenvalue weighted by Gasteiger charge is 2.50. The number of rotatable bonds is 4. The van der Waals surface area contributed by atoms with E-state index in [0.717, 1.165) is 30.8 Å². The maximum Gasteiger partial charge on any atom is 0.234 e. The lowest BCUT2D eigenvalue weighted by atomic mass is 9.49. The highest BCUT2D eigenvalue weighted by Crippen LogP contribution is 2.59. The van der Waals surface area contributed by atoms with E-state index in [4.69, 9.17) is 0 Å². The van der Waals surface area contributed by atoms with Gasteiger partial charge in [-0.3, -0.25) is 9.69 Å². The van der Waals surface area contributed by atoms with Crippen molar-refractivity contribution in [2.24, 2.45) is 23.2 Å². The number of nitrogens with zero attached hydrogens (tertiary/aromatic N) is 1. The molecule has 0 radical (unpaired) electrons. The molecule has 5 aliphatic rings. The first-order chi connectivity index (χ1) is 10.6. The van der Waals surface area contributed by atoms with E-state index in [1.165, 1.54) is 57.8 Å². The Morgan fingerprint density at radius 2 is 1.73 bits per heavy atom. The van der Waals surface area contributed by atoms with Crippen molar-refractivity contribution in [3.63, 3.8) is 0 Å². The molecule has 0 spiro atoms. The van der Waals surface area contributed by atoms with Crippen molar-refractivity contribution in [1.82, 2.24) is 10.2 Å². The smallest absolute Gasteiger partial charge is 0.234 e. The van der Waals surface area contributed by atoms with Crippen molar-refractivity contribution in [3.05, 3.63) is 0 Å². The Morgan fingerprint density at radius 1 is 1.09 bits per heavy atom. The average Bonchev–Trinajstić information content (AvgIpc) is 2.46. The molecule has 124 valence electrons. The molecule has 4 bridgehead atoms. The molecule has 1 amide bonds. The molecule has 5 rings (SSSR count). The molecule has 1 N–H and O–H groups in total. The van der Waals surface area contributed by atoms with E-state index in [1.54, 1.807) is 0 Å². The lowest BCUT2D eigenvalue weighted by Gasteiger charge is -2.57. The monoisotopic (exact) mass is 304 g/mol. The maximum atomic E-state index is 12.4. The Bertz CT molecular complexity index is 398. The summed E-state index contributed by atoms with van der Waals surface area (Å²) >= 11 is 0. The second kappa shape index (κ2) is 5.81. The largest absolute Gasteiger partial charge is 0.354 e. The van der Waals surface area contributed by atoms with Gasteiger partial charge in [0.2, 0.25) is 5.91 Å². The van der Waals surface area contributed by atoms with Gasteiger partial charge in [-0.2, -0.15) is 0 Å². The molecule has 22 heavy (non-hydrogen) atoms. The molecule has 0 aromatic carbocycles. The zero-order valence-corrected chi connectivity index (χ0v) is 14.2. The van der Waals surface area contributed by atoms with E-state index in [0.29, 0.717) is 18.0 Å². The van der Waals surface area contributed by atoms with Crippen LogP contribution in [0.4, 0.5) is 0 Å². The fraction of sp³-hybridized carbons (Fsp3) is 0.947. The van der Waals surface area contributed by atoms with Crippen molar-refractivity contribution in [2.45, 2.75) is 70.8 Å². The molecule has 0 unspecified atom stereocenters. The minimum atomic E-state index is 0.268. The van der Waals surface area contributed by atoms with Gasteiger partial charge in [-0.1, -0.05) is 6.42 Å². The third kappa shape index (κ3) is 2.93. The van der Waals surface area contributed by atoms with Gasteiger partial charge in [-0.05, 0) is 88.0 Å². The minimum absolute atomic E-state index is 0.268. The van der Waals surface area contributed by atoms with Crippen LogP contribution in [0, 0.1) is 23.2 Å². The molecule has 1 saturated heterocycles. The van der Waals surface area contributed by atoms with Gasteiger partial charge < -0.3 is 5.32 Å². The number of likely N-dealkylation sites (tertiary alicyclic amines) is 1. The summed E-state index contributed by atoms with van der Waals surface area (Å²) in [5.74, 6) is 3.20. The van der Waals surface area contributed by atoms with Crippen LogP contribution in [-0.2, 0) is 4.79 Å². The van der Waals surface area contributed by atoms with E-state index in [9.17, 15) is 4.79 Å². The number of hydrogen-bond acceptors (Lipinski definition) is 2. The van der Waals surface area contributed by atoms with Gasteiger partial charge in [0.15, 0.2) is 0 Å². The number of amides is 1. The molecule has 3 heteroatoms. The van der Waals surface area contributed by atoms with E-state index in [-0.39, 0.29) is 5.91 Å². The van der Waals surface area contributed by atoms with Crippen LogP contribution in [0.3, 0.4) is 0 Å². The van der Waals surface area contributed by atoms with Crippen LogP contribution in [0.25, 0.3) is 0 Å². The van der Waals surface area contributed by atoms with Gasteiger partial charge in [0.25, 0.3) is 0 Å². The third-order valence-electron chi connectivity index (χ3n) is 7.11. The fourth-order valence-corrected chi connectivity index (χ4v) is 6.43. The van der Waals surface area contributed by atoms with Gasteiger partial charge in [-0.15, -0.1) is 0 Å². The summed E-state index contributed by atoms with van der Waals surface area (Å²) < 4.78 is 0. The predicted molar refractivity (Wildman–Crippen MR) is 88.5 cm³/mol. The third-order valence-corrected chi connectivity index (χ3v) is 7.11. The number of carbonyl (C=O) groups excluding carboxylic acids is 1. The van der Waals surface area contributed by atoms with Gasteiger partial charge in [0.1, 0.15) is 0 Å². The van der Waals surface area contributed by atoms with Crippen LogP contribution < -0.4 is 5.32 Å². The summed E-state index contributed by atoms with van der Waals surface area (Å²) in [6.45, 7) is 4.95. The number of piperidine rings is 1. The van der Waals surface area contributed by atoms with Crippen molar-refractivity contribution in [1.29, 1.82) is 0 Å². The first kappa shape index (κ1) is 15.0. The van der Waals surface area contributed by atoms with Gasteiger partial charge in [0, 0.05) is 12.6 Å². The van der Waals surface area contributed by atoms with Gasteiger partial charge in [-0.25, -0.2) is 0 Å². The molecule has 1 atom stereocenters. The Morgan fingerprint density at radius 3 is 2.32 bits per heavy atom. The second-order valence-electron chi connectivity index (χ2n) is 9.01. The summed E-state index contributed by atoms with van der Waals surface area (Å²) in [5, 5.41) is 3.33. The SMILES string of the molecule is C[C@H]1CCCCN1CC(=O)NCC12CC3CC(CC(C3)C1)C2. The first-order valence-electron chi connectivity index (χ1n) is 9.63. The lowest BCUT2D eigenvalue weighted by molar-refractivity contribution is -0.125. The summed E-state index contributed by atoms with van der Waals surface area (Å²) in [6.07, 6.45) is 12.5. The zero-order chi connectivity index (χ0) is 15.2. The molecule has 1 aliphatic heterocycles.